The van der Waals surface area contributed by atoms with Gasteiger partial charge in [-0.2, -0.15) is 14.3 Å². The van der Waals surface area contributed by atoms with E-state index in [0.29, 0.717) is 24.5 Å². The van der Waals surface area contributed by atoms with Gasteiger partial charge in [-0.1, -0.05) is 0 Å². The van der Waals surface area contributed by atoms with Crippen molar-refractivity contribution in [3.63, 3.8) is 0 Å². The maximum atomic E-state index is 10.8. The Bertz CT molecular complexity index is 603. The number of hydrogen-bond donors (Lipinski definition) is 2. The summed E-state index contributed by atoms with van der Waals surface area (Å²) >= 11 is 0. The molecule has 8 heteroatoms. The van der Waals surface area contributed by atoms with Crippen LogP contribution < -0.4 is 20.4 Å². The molecule has 21 heavy (non-hydrogen) atoms. The van der Waals surface area contributed by atoms with Gasteiger partial charge in [-0.3, -0.25) is 4.55 Å². The third-order valence-corrected chi connectivity index (χ3v) is 4.34. The van der Waals surface area contributed by atoms with Crippen molar-refractivity contribution in [1.82, 2.24) is 0 Å². The Balaban J connectivity index is 2.18. The predicted octanol–water partition coefficient (Wildman–Crippen LogP) is 0.978. The molecule has 1 aliphatic rings. The fourth-order valence-corrected chi connectivity index (χ4v) is 3.08. The molecule has 1 aliphatic heterocycles. The maximum absolute atomic E-state index is 10.8. The molecule has 0 bridgehead atoms. The fourth-order valence-electron chi connectivity index (χ4n) is 2.59. The molecule has 1 aromatic carbocycles. The molecule has 7 nitrogen and oxygen atoms in total. The first-order valence-corrected chi connectivity index (χ1v) is 8.33. The normalized spacial score (nSPS) is 14.7. The van der Waals surface area contributed by atoms with Gasteiger partial charge in [0.05, 0.1) is 12.9 Å². The molecule has 0 saturated carbocycles. The number of rotatable bonds is 6. The molecule has 0 atom stereocenters. The predicted molar refractivity (Wildman–Crippen MR) is 79.4 cm³/mol. The first-order chi connectivity index (χ1) is 9.94. The van der Waals surface area contributed by atoms with Crippen molar-refractivity contribution in [3.05, 3.63) is 17.7 Å². The smallest absolute Gasteiger partial charge is 0.264 e. The minimum atomic E-state index is -3.91. The highest BCUT2D eigenvalue weighted by Crippen LogP contribution is 2.37. The van der Waals surface area contributed by atoms with Crippen molar-refractivity contribution in [2.24, 2.45) is 5.90 Å². The number of nitrogens with two attached hydrogens (primary N) is 1. The molecule has 118 valence electrons. The van der Waals surface area contributed by atoms with E-state index in [-0.39, 0.29) is 5.75 Å². The number of hydrogen-bond acceptors (Lipinski definition) is 6. The van der Waals surface area contributed by atoms with Crippen LogP contribution in [-0.2, 0) is 16.5 Å². The van der Waals surface area contributed by atoms with Gasteiger partial charge in [0.25, 0.3) is 10.1 Å². The molecule has 2 rings (SSSR count). The summed E-state index contributed by atoms with van der Waals surface area (Å²) in [5.74, 6) is 6.02. The summed E-state index contributed by atoms with van der Waals surface area (Å²) in [5, 5.41) is 0. The van der Waals surface area contributed by atoms with Crippen molar-refractivity contribution >= 4 is 15.8 Å². The molecule has 0 fully saturated rings. The van der Waals surface area contributed by atoms with E-state index in [2.05, 4.69) is 4.90 Å². The lowest BCUT2D eigenvalue weighted by Gasteiger charge is -2.32. The van der Waals surface area contributed by atoms with E-state index in [4.69, 9.17) is 20.0 Å². The summed E-state index contributed by atoms with van der Waals surface area (Å²) < 4.78 is 35.6. The number of ether oxygens (including phenoxy) is 1. The second-order valence-corrected chi connectivity index (χ2v) is 6.55. The lowest BCUT2D eigenvalue weighted by Crippen LogP contribution is -2.31. The van der Waals surface area contributed by atoms with E-state index in [1.165, 1.54) is 7.11 Å². The molecule has 0 radical (unpaired) electrons. The van der Waals surface area contributed by atoms with Gasteiger partial charge in [0.2, 0.25) is 0 Å². The van der Waals surface area contributed by atoms with Gasteiger partial charge in [0.15, 0.2) is 11.5 Å². The lowest BCUT2D eigenvalue weighted by molar-refractivity contribution is 0.305. The Morgan fingerprint density at radius 2 is 2.14 bits per heavy atom. The second kappa shape index (κ2) is 6.50. The number of aryl methyl sites for hydroxylation is 1. The Morgan fingerprint density at radius 3 is 2.76 bits per heavy atom. The van der Waals surface area contributed by atoms with Crippen molar-refractivity contribution in [2.45, 2.75) is 19.3 Å². The number of methoxy groups -OCH3 is 1. The quantitative estimate of drug-likeness (QED) is 0.595. The summed E-state index contributed by atoms with van der Waals surface area (Å²) in [6.07, 6.45) is 2.25. The first kappa shape index (κ1) is 15.9. The molecule has 3 N–H and O–H groups in total. The van der Waals surface area contributed by atoms with E-state index in [0.717, 1.165) is 30.6 Å². The summed E-state index contributed by atoms with van der Waals surface area (Å²) in [5.41, 5.74) is 2.09. The van der Waals surface area contributed by atoms with Gasteiger partial charge >= 0.3 is 0 Å². The van der Waals surface area contributed by atoms with Crippen LogP contribution in [0, 0.1) is 0 Å². The molecule has 0 amide bonds. The van der Waals surface area contributed by atoms with E-state index in [1.54, 1.807) is 0 Å². The van der Waals surface area contributed by atoms with Crippen LogP contribution in [-0.4, -0.2) is 38.9 Å². The summed E-state index contributed by atoms with van der Waals surface area (Å²) in [6.45, 7) is 1.39. The van der Waals surface area contributed by atoms with E-state index < -0.39 is 10.1 Å². The zero-order chi connectivity index (χ0) is 15.5. The highest BCUT2D eigenvalue weighted by molar-refractivity contribution is 7.85. The van der Waals surface area contributed by atoms with E-state index in [1.807, 2.05) is 12.1 Å². The molecule has 0 saturated heterocycles. The van der Waals surface area contributed by atoms with Gasteiger partial charge in [-0.15, -0.1) is 0 Å². The van der Waals surface area contributed by atoms with Crippen LogP contribution in [0.4, 0.5) is 5.69 Å². The van der Waals surface area contributed by atoms with Crippen molar-refractivity contribution in [2.75, 3.05) is 30.9 Å². The van der Waals surface area contributed by atoms with Crippen LogP contribution in [0.1, 0.15) is 18.4 Å². The Kier molecular flexibility index (Phi) is 4.92. The maximum Gasteiger partial charge on any atom is 0.264 e. The summed E-state index contributed by atoms with van der Waals surface area (Å²) in [4.78, 5) is 6.90. The van der Waals surface area contributed by atoms with E-state index in [9.17, 15) is 8.42 Å². The van der Waals surface area contributed by atoms with Crippen LogP contribution in [0.5, 0.6) is 11.5 Å². The Hall–Kier alpha value is -1.51. The molecule has 0 aromatic heterocycles. The van der Waals surface area contributed by atoms with Gasteiger partial charge in [0.1, 0.15) is 0 Å². The van der Waals surface area contributed by atoms with Crippen molar-refractivity contribution in [3.8, 4) is 11.5 Å². The average Bonchev–Trinajstić information content (AvgIpc) is 2.44. The summed E-state index contributed by atoms with van der Waals surface area (Å²) in [6, 6.07) is 3.70. The minimum Gasteiger partial charge on any atom is -0.493 e. The van der Waals surface area contributed by atoms with Crippen LogP contribution in [0.15, 0.2) is 12.1 Å². The second-order valence-electron chi connectivity index (χ2n) is 4.98. The zero-order valence-electron chi connectivity index (χ0n) is 11.9. The molecule has 1 aromatic rings. The van der Waals surface area contributed by atoms with Gasteiger partial charge in [-0.25, -0.2) is 0 Å². The topological polar surface area (TPSA) is 102 Å². The van der Waals surface area contributed by atoms with Crippen LogP contribution in [0.2, 0.25) is 0 Å². The Morgan fingerprint density at radius 1 is 1.38 bits per heavy atom. The number of nitrogens with zero attached hydrogens (tertiary/aromatic N) is 1. The highest BCUT2D eigenvalue weighted by Gasteiger charge is 2.20. The first-order valence-electron chi connectivity index (χ1n) is 6.72. The van der Waals surface area contributed by atoms with E-state index >= 15 is 0 Å². The number of benzene rings is 1. The third kappa shape index (κ3) is 3.99. The lowest BCUT2D eigenvalue weighted by atomic mass is 10.0. The fraction of sp³-hybridized carbons (Fsp3) is 0.538. The monoisotopic (exact) mass is 316 g/mol. The van der Waals surface area contributed by atoms with Gasteiger partial charge < -0.3 is 14.5 Å². The number of fused-ring (bicyclic) bond motifs is 1. The number of anilines is 1. The minimum absolute atomic E-state index is 0.236. The van der Waals surface area contributed by atoms with Crippen LogP contribution in [0.3, 0.4) is 0 Å². The van der Waals surface area contributed by atoms with Gasteiger partial charge in [-0.05, 0) is 30.9 Å². The zero-order valence-corrected chi connectivity index (χ0v) is 12.7. The van der Waals surface area contributed by atoms with Crippen LogP contribution in [0.25, 0.3) is 0 Å². The van der Waals surface area contributed by atoms with Crippen molar-refractivity contribution < 1.29 is 22.5 Å². The SMILES string of the molecule is COc1cc2c(cc1ON)CCCN2CCCS(=O)(=O)O. The van der Waals surface area contributed by atoms with Gasteiger partial charge in [0, 0.05) is 24.8 Å². The average molecular weight is 316 g/mol. The van der Waals surface area contributed by atoms with Crippen molar-refractivity contribution in [1.29, 1.82) is 0 Å². The summed E-state index contributed by atoms with van der Waals surface area (Å²) in [7, 11) is -2.38. The molecule has 0 spiro atoms. The largest absolute Gasteiger partial charge is 0.493 e. The standard InChI is InChI=1S/C13H20N2O5S/c1-19-12-9-11-10(8-13(12)20-14)4-2-5-15(11)6-3-7-21(16,17)18/h8-9H,2-7,14H2,1H3,(H,16,17,18). The molecule has 1 heterocycles. The third-order valence-electron chi connectivity index (χ3n) is 3.54. The molecule has 0 aliphatic carbocycles. The highest BCUT2D eigenvalue weighted by atomic mass is 32.2. The Labute approximate surface area is 124 Å². The molecular formula is C13H20N2O5S. The molecule has 0 unspecified atom stereocenters. The molecular weight excluding hydrogens is 296 g/mol. The van der Waals surface area contributed by atoms with Crippen LogP contribution >= 0.6 is 0 Å².